The first-order valence-electron chi connectivity index (χ1n) is 6.14. The van der Waals surface area contributed by atoms with E-state index in [1.54, 1.807) is 0 Å². The largest absolute Gasteiger partial charge is 0.393 e. The number of hydrogen-bond donors (Lipinski definition) is 1. The number of hydrogen-bond acceptors (Lipinski definition) is 3. The molecular formula is C13H14N2OS. The van der Waals surface area contributed by atoms with Crippen LogP contribution in [-0.2, 0) is 0 Å². The van der Waals surface area contributed by atoms with Crippen molar-refractivity contribution in [1.29, 1.82) is 0 Å². The van der Waals surface area contributed by atoms with Crippen LogP contribution in [0.4, 0.5) is 0 Å². The summed E-state index contributed by atoms with van der Waals surface area (Å²) in [5, 5.41) is 12.3. The van der Waals surface area contributed by atoms with E-state index in [2.05, 4.69) is 21.0 Å². The Morgan fingerprint density at radius 1 is 1.41 bits per heavy atom. The Morgan fingerprint density at radius 2 is 2.35 bits per heavy atom. The second-order valence-corrected chi connectivity index (χ2v) is 5.94. The summed E-state index contributed by atoms with van der Waals surface area (Å²) < 4.78 is 2.25. The van der Waals surface area contributed by atoms with Crippen LogP contribution in [0.1, 0.15) is 30.2 Å². The molecule has 0 amide bonds. The quantitative estimate of drug-likeness (QED) is 0.840. The molecule has 0 aromatic carbocycles. The van der Waals surface area contributed by atoms with Crippen molar-refractivity contribution in [3.8, 4) is 11.3 Å². The topological polar surface area (TPSA) is 38.1 Å². The van der Waals surface area contributed by atoms with Crippen LogP contribution in [-0.4, -0.2) is 20.8 Å². The third-order valence-electron chi connectivity index (χ3n) is 4.14. The highest BCUT2D eigenvalue weighted by molar-refractivity contribution is 7.10. The summed E-state index contributed by atoms with van der Waals surface area (Å²) in [5.74, 6) is 0.364. The van der Waals surface area contributed by atoms with Crippen LogP contribution in [0.3, 0.4) is 0 Å². The van der Waals surface area contributed by atoms with Crippen LogP contribution < -0.4 is 0 Å². The van der Waals surface area contributed by atoms with Gasteiger partial charge in [-0.1, -0.05) is 6.42 Å². The number of imidazole rings is 1. The maximum absolute atomic E-state index is 10.1. The van der Waals surface area contributed by atoms with Crippen molar-refractivity contribution < 1.29 is 5.11 Å². The predicted octanol–water partition coefficient (Wildman–Crippen LogP) is 2.68. The molecule has 88 valence electrons. The molecule has 0 bridgehead atoms. The van der Waals surface area contributed by atoms with E-state index in [0.717, 1.165) is 19.3 Å². The van der Waals surface area contributed by atoms with E-state index in [9.17, 15) is 5.11 Å². The van der Waals surface area contributed by atoms with Crippen molar-refractivity contribution in [3.63, 3.8) is 0 Å². The van der Waals surface area contributed by atoms with Gasteiger partial charge in [-0.25, -0.2) is 4.98 Å². The molecule has 0 radical (unpaired) electrons. The van der Waals surface area contributed by atoms with Gasteiger partial charge in [0.1, 0.15) is 0 Å². The highest BCUT2D eigenvalue weighted by Gasteiger charge is 2.40. The summed E-state index contributed by atoms with van der Waals surface area (Å²) in [4.78, 5) is 5.67. The Balaban J connectivity index is 1.87. The number of aliphatic hydroxyl groups is 1. The first kappa shape index (κ1) is 9.85. The molecule has 1 N–H and O–H groups in total. The molecule has 3 atom stereocenters. The van der Waals surface area contributed by atoms with E-state index in [4.69, 9.17) is 0 Å². The summed E-state index contributed by atoms with van der Waals surface area (Å²) in [5.41, 5.74) is 2.53. The molecule has 1 unspecified atom stereocenters. The molecule has 4 heteroatoms. The van der Waals surface area contributed by atoms with Gasteiger partial charge in [0, 0.05) is 16.4 Å². The molecule has 1 fully saturated rings. The average molecular weight is 246 g/mol. The van der Waals surface area contributed by atoms with Gasteiger partial charge in [-0.3, -0.25) is 0 Å². The number of rotatable bonds is 1. The third-order valence-corrected chi connectivity index (χ3v) is 5.13. The summed E-state index contributed by atoms with van der Waals surface area (Å²) in [6, 6.07) is 2.49. The normalized spacial score (nSPS) is 30.5. The van der Waals surface area contributed by atoms with Gasteiger partial charge in [0.15, 0.2) is 0 Å². The number of fused-ring (bicyclic) bond motifs is 3. The van der Waals surface area contributed by atoms with Crippen molar-refractivity contribution >= 4 is 11.3 Å². The van der Waals surface area contributed by atoms with Gasteiger partial charge in [-0.2, -0.15) is 0 Å². The standard InChI is InChI=1S/C13H14N2OS/c16-11-3-1-2-9(11)12-13-8(4-5-17-13)10-6-14-7-15(10)12/h4-7,9,11-12,16H,1-3H2/t9?,11-,12+/m1/s1. The minimum absolute atomic E-state index is 0.150. The average Bonchev–Trinajstić information content (AvgIpc) is 3.00. The monoisotopic (exact) mass is 246 g/mol. The van der Waals surface area contributed by atoms with Crippen molar-refractivity contribution in [2.45, 2.75) is 31.4 Å². The van der Waals surface area contributed by atoms with E-state index in [1.807, 2.05) is 23.9 Å². The first-order valence-corrected chi connectivity index (χ1v) is 7.02. The molecule has 3 nitrogen and oxygen atoms in total. The maximum atomic E-state index is 10.1. The molecular weight excluding hydrogens is 232 g/mol. The third kappa shape index (κ3) is 1.22. The molecule has 0 saturated heterocycles. The Morgan fingerprint density at radius 3 is 3.18 bits per heavy atom. The van der Waals surface area contributed by atoms with Gasteiger partial charge < -0.3 is 9.67 Å². The first-order chi connectivity index (χ1) is 8.36. The van der Waals surface area contributed by atoms with Gasteiger partial charge >= 0.3 is 0 Å². The van der Waals surface area contributed by atoms with Gasteiger partial charge in [0.25, 0.3) is 0 Å². The summed E-state index contributed by atoms with van der Waals surface area (Å²) in [7, 11) is 0. The zero-order chi connectivity index (χ0) is 11.4. The highest BCUT2D eigenvalue weighted by atomic mass is 32.1. The lowest BCUT2D eigenvalue weighted by atomic mass is 9.95. The van der Waals surface area contributed by atoms with Gasteiger partial charge in [-0.05, 0) is 24.3 Å². The van der Waals surface area contributed by atoms with E-state index in [-0.39, 0.29) is 6.10 Å². The lowest BCUT2D eigenvalue weighted by molar-refractivity contribution is 0.113. The lowest BCUT2D eigenvalue weighted by Gasteiger charge is -2.23. The SMILES string of the molecule is O[C@@H]1CCCC1[C@H]1c2sccc2-c2cncn21. The molecule has 3 heterocycles. The second kappa shape index (κ2) is 3.43. The van der Waals surface area contributed by atoms with E-state index < -0.39 is 0 Å². The Labute approximate surface area is 104 Å². The smallest absolute Gasteiger partial charge is 0.0957 e. The van der Waals surface area contributed by atoms with Gasteiger partial charge in [0.2, 0.25) is 0 Å². The van der Waals surface area contributed by atoms with Crippen LogP contribution in [0, 0.1) is 5.92 Å². The van der Waals surface area contributed by atoms with E-state index in [1.165, 1.54) is 16.1 Å². The van der Waals surface area contributed by atoms with Crippen molar-refractivity contribution in [1.82, 2.24) is 9.55 Å². The van der Waals surface area contributed by atoms with Crippen LogP contribution in [0.5, 0.6) is 0 Å². The number of aliphatic hydroxyl groups excluding tert-OH is 1. The predicted molar refractivity (Wildman–Crippen MR) is 67.0 cm³/mol. The maximum Gasteiger partial charge on any atom is 0.0957 e. The van der Waals surface area contributed by atoms with Crippen LogP contribution in [0.15, 0.2) is 24.0 Å². The van der Waals surface area contributed by atoms with Crippen molar-refractivity contribution in [2.24, 2.45) is 5.92 Å². The molecule has 1 aliphatic heterocycles. The number of aromatic nitrogens is 2. The molecule has 2 aromatic rings. The molecule has 1 aliphatic carbocycles. The minimum Gasteiger partial charge on any atom is -0.393 e. The molecule has 0 spiro atoms. The van der Waals surface area contributed by atoms with Crippen LogP contribution in [0.25, 0.3) is 11.3 Å². The fourth-order valence-electron chi connectivity index (χ4n) is 3.36. The highest BCUT2D eigenvalue weighted by Crippen LogP contribution is 2.49. The van der Waals surface area contributed by atoms with E-state index in [0.29, 0.717) is 12.0 Å². The molecule has 17 heavy (non-hydrogen) atoms. The van der Waals surface area contributed by atoms with Crippen LogP contribution in [0.2, 0.25) is 0 Å². The van der Waals surface area contributed by atoms with Crippen molar-refractivity contribution in [3.05, 3.63) is 28.8 Å². The lowest BCUT2D eigenvalue weighted by Crippen LogP contribution is -2.23. The zero-order valence-corrected chi connectivity index (χ0v) is 10.2. The van der Waals surface area contributed by atoms with E-state index >= 15 is 0 Å². The van der Waals surface area contributed by atoms with Crippen LogP contribution >= 0.6 is 11.3 Å². The Kier molecular flexibility index (Phi) is 1.99. The molecule has 2 aliphatic rings. The second-order valence-electron chi connectivity index (χ2n) is 4.99. The fraction of sp³-hybridized carbons (Fsp3) is 0.462. The Bertz CT molecular complexity index is 519. The number of thiophene rings is 1. The minimum atomic E-state index is -0.150. The number of nitrogens with zero attached hydrogens (tertiary/aromatic N) is 2. The Hall–Kier alpha value is -1.13. The van der Waals surface area contributed by atoms with Gasteiger partial charge in [-0.15, -0.1) is 11.3 Å². The van der Waals surface area contributed by atoms with Crippen molar-refractivity contribution in [2.75, 3.05) is 0 Å². The zero-order valence-electron chi connectivity index (χ0n) is 9.41. The molecule has 4 rings (SSSR count). The fourth-order valence-corrected chi connectivity index (χ4v) is 4.44. The summed E-state index contributed by atoms with van der Waals surface area (Å²) in [6.07, 6.45) is 6.92. The molecule has 2 aromatic heterocycles. The van der Waals surface area contributed by atoms with Gasteiger partial charge in [0.05, 0.1) is 30.4 Å². The summed E-state index contributed by atoms with van der Waals surface area (Å²) in [6.45, 7) is 0. The summed E-state index contributed by atoms with van der Waals surface area (Å²) >= 11 is 1.81. The molecule has 1 saturated carbocycles.